The molecule has 0 aliphatic rings. The normalized spacial score (nSPS) is 10.7. The van der Waals surface area contributed by atoms with Gasteiger partial charge in [-0.3, -0.25) is 14.9 Å². The molecule has 0 atom stereocenters. The van der Waals surface area contributed by atoms with Gasteiger partial charge in [-0.25, -0.2) is 0 Å². The van der Waals surface area contributed by atoms with Gasteiger partial charge in [0.05, 0.1) is 4.92 Å². The van der Waals surface area contributed by atoms with Crippen LogP contribution in [0.4, 0.5) is 11.4 Å². The number of nitrogens with one attached hydrogen (secondary N) is 1. The lowest BCUT2D eigenvalue weighted by Gasteiger charge is -2.09. The molecular weight excluding hydrogens is 407 g/mol. The van der Waals surface area contributed by atoms with Crippen LogP contribution in [0.5, 0.6) is 0 Å². The monoisotopic (exact) mass is 422 g/mol. The molecule has 0 aliphatic heterocycles. The van der Waals surface area contributed by atoms with Gasteiger partial charge in [0.1, 0.15) is 0 Å². The highest BCUT2D eigenvalue weighted by molar-refractivity contribution is 14.1. The van der Waals surface area contributed by atoms with Crippen LogP contribution in [-0.4, -0.2) is 10.8 Å². The molecule has 6 heteroatoms. The van der Waals surface area contributed by atoms with Crippen molar-refractivity contribution < 1.29 is 9.72 Å². The number of carbonyl (C=O) groups excluding carboxylic acids is 1. The van der Waals surface area contributed by atoms with E-state index in [1.54, 1.807) is 18.2 Å². The first-order chi connectivity index (χ1) is 10.9. The number of nitrogens with zero attached hydrogens (tertiary/aromatic N) is 1. The number of carbonyl (C=O) groups is 1. The Labute approximate surface area is 147 Å². The lowest BCUT2D eigenvalue weighted by Crippen LogP contribution is -2.09. The van der Waals surface area contributed by atoms with E-state index >= 15 is 0 Å². The van der Waals surface area contributed by atoms with Crippen molar-refractivity contribution >= 4 is 45.9 Å². The van der Waals surface area contributed by atoms with Gasteiger partial charge in [-0.1, -0.05) is 12.1 Å². The summed E-state index contributed by atoms with van der Waals surface area (Å²) in [5, 5.41) is 13.6. The van der Waals surface area contributed by atoms with E-state index in [1.807, 2.05) is 26.0 Å². The van der Waals surface area contributed by atoms with Gasteiger partial charge >= 0.3 is 0 Å². The summed E-state index contributed by atoms with van der Waals surface area (Å²) >= 11 is 2.25. The van der Waals surface area contributed by atoms with E-state index in [-0.39, 0.29) is 11.6 Å². The van der Waals surface area contributed by atoms with Gasteiger partial charge in [-0.2, -0.15) is 0 Å². The van der Waals surface area contributed by atoms with E-state index in [9.17, 15) is 14.9 Å². The second kappa shape index (κ2) is 7.36. The van der Waals surface area contributed by atoms with Crippen LogP contribution < -0.4 is 5.32 Å². The molecule has 5 nitrogen and oxygen atoms in total. The van der Waals surface area contributed by atoms with Crippen LogP contribution in [0.25, 0.3) is 6.08 Å². The molecular formula is C17H15IN2O3. The fourth-order valence-electron chi connectivity index (χ4n) is 2.00. The molecule has 0 fully saturated rings. The summed E-state index contributed by atoms with van der Waals surface area (Å²) in [7, 11) is 0. The molecule has 1 N–H and O–H groups in total. The maximum absolute atomic E-state index is 12.0. The molecule has 0 unspecified atom stereocenters. The molecule has 0 aliphatic carbocycles. The fourth-order valence-corrected chi connectivity index (χ4v) is 2.63. The summed E-state index contributed by atoms with van der Waals surface area (Å²) in [4.78, 5) is 22.3. The predicted molar refractivity (Wildman–Crippen MR) is 99.4 cm³/mol. The second-order valence-electron chi connectivity index (χ2n) is 5.09. The molecule has 0 saturated heterocycles. The molecule has 2 aromatic carbocycles. The first-order valence-electron chi connectivity index (χ1n) is 6.87. The van der Waals surface area contributed by atoms with E-state index in [2.05, 4.69) is 27.9 Å². The summed E-state index contributed by atoms with van der Waals surface area (Å²) in [6.45, 7) is 3.91. The van der Waals surface area contributed by atoms with Gasteiger partial charge < -0.3 is 5.32 Å². The second-order valence-corrected chi connectivity index (χ2v) is 6.25. The molecule has 0 heterocycles. The number of amides is 1. The maximum Gasteiger partial charge on any atom is 0.270 e. The molecule has 2 rings (SSSR count). The van der Waals surface area contributed by atoms with Crippen LogP contribution in [0.15, 0.2) is 42.5 Å². The predicted octanol–water partition coefficient (Wildman–Crippen LogP) is 4.47. The maximum atomic E-state index is 12.0. The molecule has 0 bridgehead atoms. The molecule has 0 saturated carbocycles. The quantitative estimate of drug-likeness (QED) is 0.342. The van der Waals surface area contributed by atoms with Crippen molar-refractivity contribution in [1.29, 1.82) is 0 Å². The number of anilines is 1. The van der Waals surface area contributed by atoms with Gasteiger partial charge in [0.15, 0.2) is 0 Å². The van der Waals surface area contributed by atoms with Crippen LogP contribution in [0.1, 0.15) is 16.7 Å². The number of rotatable bonds is 4. The van der Waals surface area contributed by atoms with Crippen molar-refractivity contribution in [2.75, 3.05) is 5.32 Å². The van der Waals surface area contributed by atoms with E-state index in [0.717, 1.165) is 20.4 Å². The standard InChI is InChI=1S/C17H15IN2O3/c1-11-9-16(12(2)8-15(11)18)19-17(21)7-6-13-4-3-5-14(10-13)20(22)23/h3-10H,1-2H3,(H,19,21)/b7-6+. The Hall–Kier alpha value is -2.22. The van der Waals surface area contributed by atoms with Crippen molar-refractivity contribution in [3.63, 3.8) is 0 Å². The molecule has 1 amide bonds. The average molecular weight is 422 g/mol. The Balaban J connectivity index is 2.12. The number of non-ortho nitro benzene ring substituents is 1. The largest absolute Gasteiger partial charge is 0.322 e. The Bertz CT molecular complexity index is 800. The zero-order valence-electron chi connectivity index (χ0n) is 12.7. The third-order valence-corrected chi connectivity index (χ3v) is 4.43. The first-order valence-corrected chi connectivity index (χ1v) is 7.95. The Morgan fingerprint density at radius 1 is 1.22 bits per heavy atom. The molecule has 0 spiro atoms. The zero-order chi connectivity index (χ0) is 17.0. The minimum absolute atomic E-state index is 0.00309. The van der Waals surface area contributed by atoms with Gasteiger partial charge in [0.2, 0.25) is 5.91 Å². The first kappa shape index (κ1) is 17.1. The highest BCUT2D eigenvalue weighted by Gasteiger charge is 2.06. The van der Waals surface area contributed by atoms with Crippen molar-refractivity contribution in [2.24, 2.45) is 0 Å². The summed E-state index contributed by atoms with van der Waals surface area (Å²) in [5.41, 5.74) is 3.43. The number of nitro groups is 1. The Kier molecular flexibility index (Phi) is 5.49. The highest BCUT2D eigenvalue weighted by Crippen LogP contribution is 2.22. The third kappa shape index (κ3) is 4.62. The van der Waals surface area contributed by atoms with Gasteiger partial charge in [0, 0.05) is 27.5 Å². The lowest BCUT2D eigenvalue weighted by molar-refractivity contribution is -0.384. The average Bonchev–Trinajstić information content (AvgIpc) is 2.51. The number of aryl methyl sites for hydroxylation is 2. The smallest absolute Gasteiger partial charge is 0.270 e. The van der Waals surface area contributed by atoms with E-state index in [1.165, 1.54) is 18.2 Å². The zero-order valence-corrected chi connectivity index (χ0v) is 14.8. The Morgan fingerprint density at radius 2 is 1.96 bits per heavy atom. The fraction of sp³-hybridized carbons (Fsp3) is 0.118. The van der Waals surface area contributed by atoms with Crippen LogP contribution in [0.3, 0.4) is 0 Å². The SMILES string of the molecule is Cc1cc(NC(=O)/C=C/c2cccc([N+](=O)[O-])c2)c(C)cc1I. The minimum Gasteiger partial charge on any atom is -0.322 e. The topological polar surface area (TPSA) is 72.2 Å². The Morgan fingerprint density at radius 3 is 2.65 bits per heavy atom. The number of halogens is 1. The number of hydrogen-bond donors (Lipinski definition) is 1. The minimum atomic E-state index is -0.463. The summed E-state index contributed by atoms with van der Waals surface area (Å²) in [6, 6.07) is 10.1. The number of benzene rings is 2. The molecule has 0 aromatic heterocycles. The summed E-state index contributed by atoms with van der Waals surface area (Å²) in [5.74, 6) is -0.278. The van der Waals surface area contributed by atoms with E-state index in [4.69, 9.17) is 0 Å². The number of nitro benzene ring substituents is 1. The van der Waals surface area contributed by atoms with E-state index < -0.39 is 4.92 Å². The van der Waals surface area contributed by atoms with Crippen molar-refractivity contribution in [3.8, 4) is 0 Å². The van der Waals surface area contributed by atoms with Crippen LogP contribution in [0.2, 0.25) is 0 Å². The summed E-state index contributed by atoms with van der Waals surface area (Å²) in [6.07, 6.45) is 2.92. The lowest BCUT2D eigenvalue weighted by atomic mass is 10.1. The molecule has 23 heavy (non-hydrogen) atoms. The highest BCUT2D eigenvalue weighted by atomic mass is 127. The van der Waals surface area contributed by atoms with Crippen LogP contribution in [0, 0.1) is 27.5 Å². The number of hydrogen-bond acceptors (Lipinski definition) is 3. The summed E-state index contributed by atoms with van der Waals surface area (Å²) < 4.78 is 1.14. The van der Waals surface area contributed by atoms with Crippen LogP contribution >= 0.6 is 22.6 Å². The van der Waals surface area contributed by atoms with Crippen molar-refractivity contribution in [3.05, 3.63) is 72.8 Å². The molecule has 118 valence electrons. The molecule has 2 aromatic rings. The third-order valence-electron chi connectivity index (χ3n) is 3.27. The van der Waals surface area contributed by atoms with Gasteiger partial charge in [-0.15, -0.1) is 0 Å². The van der Waals surface area contributed by atoms with Crippen molar-refractivity contribution in [2.45, 2.75) is 13.8 Å². The van der Waals surface area contributed by atoms with E-state index in [0.29, 0.717) is 5.56 Å². The van der Waals surface area contributed by atoms with Crippen LogP contribution in [-0.2, 0) is 4.79 Å². The van der Waals surface area contributed by atoms with Crippen molar-refractivity contribution in [1.82, 2.24) is 0 Å². The van der Waals surface area contributed by atoms with Gasteiger partial charge in [0.25, 0.3) is 5.69 Å². The van der Waals surface area contributed by atoms with Gasteiger partial charge in [-0.05, 0) is 71.3 Å². The molecule has 0 radical (unpaired) electrons.